The van der Waals surface area contributed by atoms with Gasteiger partial charge in [0.1, 0.15) is 11.9 Å². The molecule has 0 aromatic heterocycles. The van der Waals surface area contributed by atoms with Crippen LogP contribution in [0.5, 0.6) is 0 Å². The highest BCUT2D eigenvalue weighted by Gasteiger charge is 2.35. The Hall–Kier alpha value is -1.20. The summed E-state index contributed by atoms with van der Waals surface area (Å²) in [5.41, 5.74) is 5.42. The zero-order valence-electron chi connectivity index (χ0n) is 12.2. The van der Waals surface area contributed by atoms with Crippen LogP contribution in [0.15, 0.2) is 23.1 Å². The van der Waals surface area contributed by atoms with E-state index in [1.165, 1.54) is 10.4 Å². The average Bonchev–Trinajstić information content (AvgIpc) is 2.47. The van der Waals surface area contributed by atoms with Crippen molar-refractivity contribution >= 4 is 22.4 Å². The Morgan fingerprint density at radius 1 is 1.50 bits per heavy atom. The van der Waals surface area contributed by atoms with Gasteiger partial charge in [-0.25, -0.2) is 12.8 Å². The Kier molecular flexibility index (Phi) is 6.32. The Bertz CT molecular complexity index is 675. The van der Waals surface area contributed by atoms with Gasteiger partial charge in [0.05, 0.1) is 10.5 Å². The first-order chi connectivity index (χ1) is 9.90. The van der Waals surface area contributed by atoms with Crippen LogP contribution >= 0.6 is 12.4 Å². The van der Waals surface area contributed by atoms with E-state index in [1.54, 1.807) is 6.07 Å². The molecule has 1 aromatic carbocycles. The Balaban J connectivity index is 0.00000242. The number of piperidine rings is 1. The van der Waals surface area contributed by atoms with Gasteiger partial charge in [-0.1, -0.05) is 6.92 Å². The minimum absolute atomic E-state index is 0. The van der Waals surface area contributed by atoms with Crippen molar-refractivity contribution in [2.24, 2.45) is 11.7 Å². The van der Waals surface area contributed by atoms with Gasteiger partial charge in [-0.15, -0.1) is 12.4 Å². The number of hydrogen-bond acceptors (Lipinski definition) is 4. The molecule has 22 heavy (non-hydrogen) atoms. The zero-order valence-corrected chi connectivity index (χ0v) is 13.8. The Labute approximate surface area is 136 Å². The number of halogens is 2. The third kappa shape index (κ3) is 3.58. The van der Waals surface area contributed by atoms with E-state index in [2.05, 4.69) is 6.92 Å². The van der Waals surface area contributed by atoms with E-state index < -0.39 is 15.8 Å². The molecule has 5 nitrogen and oxygen atoms in total. The number of nitrogens with zero attached hydrogens (tertiary/aromatic N) is 2. The molecule has 0 radical (unpaired) electrons. The number of benzene rings is 1. The lowest BCUT2D eigenvalue weighted by Gasteiger charge is -2.36. The minimum Gasteiger partial charge on any atom is -0.329 e. The molecule has 2 unspecified atom stereocenters. The summed E-state index contributed by atoms with van der Waals surface area (Å²) in [6, 6.07) is 4.69. The third-order valence-electron chi connectivity index (χ3n) is 3.86. The SMILES string of the molecule is CC1CCN(S(=O)(=O)c2ccc(F)c(C#N)c2)C(CN)C1.Cl. The lowest BCUT2D eigenvalue weighted by atomic mass is 9.94. The van der Waals surface area contributed by atoms with Crippen molar-refractivity contribution in [1.29, 1.82) is 5.26 Å². The fourth-order valence-electron chi connectivity index (χ4n) is 2.65. The molecule has 0 aliphatic carbocycles. The smallest absolute Gasteiger partial charge is 0.243 e. The lowest BCUT2D eigenvalue weighted by molar-refractivity contribution is 0.211. The van der Waals surface area contributed by atoms with Crippen molar-refractivity contribution in [3.8, 4) is 6.07 Å². The first kappa shape index (κ1) is 18.8. The zero-order chi connectivity index (χ0) is 15.6. The van der Waals surface area contributed by atoms with Gasteiger partial charge in [-0.3, -0.25) is 0 Å². The molecule has 0 amide bonds. The number of rotatable bonds is 3. The van der Waals surface area contributed by atoms with Gasteiger partial charge in [0, 0.05) is 19.1 Å². The number of nitrogens with two attached hydrogens (primary N) is 1. The highest BCUT2D eigenvalue weighted by atomic mass is 35.5. The highest BCUT2D eigenvalue weighted by Crippen LogP contribution is 2.28. The third-order valence-corrected chi connectivity index (χ3v) is 5.81. The standard InChI is InChI=1S/C14H18FN3O2S.ClH/c1-10-4-5-18(12(6-10)9-17)21(19,20)13-2-3-14(15)11(7-13)8-16;/h2-3,7,10,12H,4-6,9,17H2,1H3;1H. The first-order valence-corrected chi connectivity index (χ1v) is 8.25. The largest absolute Gasteiger partial charge is 0.329 e. The van der Waals surface area contributed by atoms with E-state index >= 15 is 0 Å². The molecule has 2 rings (SSSR count). The number of nitriles is 1. The molecule has 1 aliphatic rings. The highest BCUT2D eigenvalue weighted by molar-refractivity contribution is 7.89. The van der Waals surface area contributed by atoms with Crippen molar-refractivity contribution in [2.75, 3.05) is 13.1 Å². The van der Waals surface area contributed by atoms with Crippen molar-refractivity contribution in [1.82, 2.24) is 4.31 Å². The molecule has 2 N–H and O–H groups in total. The second kappa shape index (κ2) is 7.38. The van der Waals surface area contributed by atoms with Crippen LogP contribution in [0.4, 0.5) is 4.39 Å². The summed E-state index contributed by atoms with van der Waals surface area (Å²) < 4.78 is 40.1. The molecule has 0 bridgehead atoms. The normalized spacial score (nSPS) is 22.6. The van der Waals surface area contributed by atoms with E-state index in [4.69, 9.17) is 11.0 Å². The summed E-state index contributed by atoms with van der Waals surface area (Å²) in [4.78, 5) is -0.0616. The topological polar surface area (TPSA) is 87.2 Å². The van der Waals surface area contributed by atoms with Crippen LogP contribution in [0.1, 0.15) is 25.3 Å². The van der Waals surface area contributed by atoms with E-state index in [-0.39, 0.29) is 35.5 Å². The molecule has 1 fully saturated rings. The van der Waals surface area contributed by atoms with Crippen LogP contribution in [0.25, 0.3) is 0 Å². The van der Waals surface area contributed by atoms with E-state index in [0.717, 1.165) is 18.6 Å². The quantitative estimate of drug-likeness (QED) is 0.904. The van der Waals surface area contributed by atoms with Crippen LogP contribution in [0.3, 0.4) is 0 Å². The first-order valence-electron chi connectivity index (χ1n) is 6.81. The van der Waals surface area contributed by atoms with E-state index in [9.17, 15) is 12.8 Å². The van der Waals surface area contributed by atoms with E-state index in [0.29, 0.717) is 18.9 Å². The summed E-state index contributed by atoms with van der Waals surface area (Å²) in [5, 5.41) is 8.83. The Morgan fingerprint density at radius 3 is 2.77 bits per heavy atom. The van der Waals surface area contributed by atoms with E-state index in [1.807, 2.05) is 0 Å². The maximum atomic E-state index is 13.3. The summed E-state index contributed by atoms with van der Waals surface area (Å²) >= 11 is 0. The molecule has 8 heteroatoms. The van der Waals surface area contributed by atoms with Gasteiger partial charge in [-0.2, -0.15) is 9.57 Å². The number of sulfonamides is 1. The molecule has 1 aromatic rings. The van der Waals surface area contributed by atoms with Crippen LogP contribution in [-0.4, -0.2) is 31.9 Å². The monoisotopic (exact) mass is 347 g/mol. The van der Waals surface area contributed by atoms with Crippen LogP contribution in [0.2, 0.25) is 0 Å². The van der Waals surface area contributed by atoms with Crippen LogP contribution in [0, 0.1) is 23.1 Å². The second-order valence-electron chi connectivity index (χ2n) is 5.39. The second-order valence-corrected chi connectivity index (χ2v) is 7.28. The molecule has 122 valence electrons. The maximum absolute atomic E-state index is 13.3. The molecular formula is C14H19ClFN3O2S. The molecule has 1 heterocycles. The molecule has 0 saturated carbocycles. The summed E-state index contributed by atoms with van der Waals surface area (Å²) in [5.74, 6) is -0.299. The van der Waals surface area contributed by atoms with Crippen molar-refractivity contribution in [3.63, 3.8) is 0 Å². The summed E-state index contributed by atoms with van der Waals surface area (Å²) in [6.07, 6.45) is 1.48. The van der Waals surface area contributed by atoms with Crippen LogP contribution < -0.4 is 5.73 Å². The maximum Gasteiger partial charge on any atom is 0.243 e. The van der Waals surface area contributed by atoms with Crippen LogP contribution in [-0.2, 0) is 10.0 Å². The lowest BCUT2D eigenvalue weighted by Crippen LogP contribution is -2.49. The molecule has 1 saturated heterocycles. The average molecular weight is 348 g/mol. The molecule has 2 atom stereocenters. The van der Waals surface area contributed by atoms with Gasteiger partial charge < -0.3 is 5.73 Å². The fourth-order valence-corrected chi connectivity index (χ4v) is 4.33. The van der Waals surface area contributed by atoms with Crippen molar-refractivity contribution in [2.45, 2.75) is 30.7 Å². The van der Waals surface area contributed by atoms with Crippen molar-refractivity contribution in [3.05, 3.63) is 29.6 Å². The predicted octanol–water partition coefficient (Wildman–Crippen LogP) is 1.87. The minimum atomic E-state index is -3.76. The van der Waals surface area contributed by atoms with Gasteiger partial charge in [-0.05, 0) is 37.0 Å². The van der Waals surface area contributed by atoms with Gasteiger partial charge in [0.2, 0.25) is 10.0 Å². The molecular weight excluding hydrogens is 329 g/mol. The fraction of sp³-hybridized carbons (Fsp3) is 0.500. The summed E-state index contributed by atoms with van der Waals surface area (Å²) in [7, 11) is -3.76. The number of hydrogen-bond donors (Lipinski definition) is 1. The van der Waals surface area contributed by atoms with Gasteiger partial charge in [0.15, 0.2) is 0 Å². The van der Waals surface area contributed by atoms with Gasteiger partial charge >= 0.3 is 0 Å². The van der Waals surface area contributed by atoms with Gasteiger partial charge in [0.25, 0.3) is 0 Å². The molecule has 0 spiro atoms. The van der Waals surface area contributed by atoms with Crippen molar-refractivity contribution < 1.29 is 12.8 Å². The Morgan fingerprint density at radius 2 is 2.18 bits per heavy atom. The summed E-state index contributed by atoms with van der Waals surface area (Å²) in [6.45, 7) is 2.71. The predicted molar refractivity (Wildman–Crippen MR) is 83.5 cm³/mol. The molecule has 1 aliphatic heterocycles.